The summed E-state index contributed by atoms with van der Waals surface area (Å²) in [5.41, 5.74) is 0.978. The SMILES string of the molecule is CCCc1n[nH]c(=S)n1/N=C\c1ccc(OC)cc1. The van der Waals surface area contributed by atoms with Crippen LogP contribution in [0.15, 0.2) is 29.4 Å². The molecule has 1 heterocycles. The van der Waals surface area contributed by atoms with Gasteiger partial charge in [-0.05, 0) is 48.5 Å². The van der Waals surface area contributed by atoms with E-state index in [-0.39, 0.29) is 0 Å². The van der Waals surface area contributed by atoms with Crippen LogP contribution in [0, 0.1) is 4.77 Å². The number of hydrogen-bond acceptors (Lipinski definition) is 4. The fourth-order valence-corrected chi connectivity index (χ4v) is 1.84. The fraction of sp³-hybridized carbons (Fsp3) is 0.308. The Morgan fingerprint density at radius 3 is 2.79 bits per heavy atom. The maximum atomic E-state index is 5.15. The van der Waals surface area contributed by atoms with Gasteiger partial charge in [-0.2, -0.15) is 14.9 Å². The molecular weight excluding hydrogens is 260 g/mol. The molecule has 100 valence electrons. The van der Waals surface area contributed by atoms with Crippen LogP contribution in [-0.4, -0.2) is 28.2 Å². The maximum absolute atomic E-state index is 5.15. The summed E-state index contributed by atoms with van der Waals surface area (Å²) in [7, 11) is 1.64. The van der Waals surface area contributed by atoms with Crippen LogP contribution >= 0.6 is 12.2 Å². The summed E-state index contributed by atoms with van der Waals surface area (Å²) in [5, 5.41) is 11.3. The highest BCUT2D eigenvalue weighted by Gasteiger charge is 2.02. The number of aromatic amines is 1. The predicted octanol–water partition coefficient (Wildman–Crippen LogP) is 2.78. The van der Waals surface area contributed by atoms with Crippen LogP contribution in [0.1, 0.15) is 24.7 Å². The first-order chi connectivity index (χ1) is 9.24. The Hall–Kier alpha value is -1.95. The molecule has 0 saturated heterocycles. The molecule has 0 atom stereocenters. The highest BCUT2D eigenvalue weighted by molar-refractivity contribution is 7.71. The first kappa shape index (κ1) is 13.5. The van der Waals surface area contributed by atoms with Gasteiger partial charge in [0.1, 0.15) is 5.75 Å². The summed E-state index contributed by atoms with van der Waals surface area (Å²) in [5.74, 6) is 1.67. The lowest BCUT2D eigenvalue weighted by Gasteiger charge is -2.00. The molecule has 0 aliphatic rings. The summed E-state index contributed by atoms with van der Waals surface area (Å²) in [6.07, 6.45) is 3.59. The molecule has 5 nitrogen and oxygen atoms in total. The normalized spacial score (nSPS) is 11.1. The molecule has 0 amide bonds. The van der Waals surface area contributed by atoms with Crippen molar-refractivity contribution in [2.45, 2.75) is 19.8 Å². The second-order valence-electron chi connectivity index (χ2n) is 4.02. The molecule has 2 aromatic rings. The molecule has 0 bridgehead atoms. The van der Waals surface area contributed by atoms with Gasteiger partial charge in [0.2, 0.25) is 4.77 Å². The number of rotatable bonds is 5. The molecule has 1 aromatic carbocycles. The summed E-state index contributed by atoms with van der Waals surface area (Å²) in [6.45, 7) is 2.09. The van der Waals surface area contributed by atoms with Crippen LogP contribution < -0.4 is 4.74 Å². The zero-order valence-electron chi connectivity index (χ0n) is 11.0. The lowest BCUT2D eigenvalue weighted by atomic mass is 10.2. The van der Waals surface area contributed by atoms with Crippen molar-refractivity contribution in [3.63, 3.8) is 0 Å². The third-order valence-corrected chi connectivity index (χ3v) is 2.89. The topological polar surface area (TPSA) is 55.2 Å². The molecule has 0 unspecified atom stereocenters. The number of aromatic nitrogens is 3. The first-order valence-corrected chi connectivity index (χ1v) is 6.50. The summed E-state index contributed by atoms with van der Waals surface area (Å²) in [6, 6.07) is 7.66. The molecule has 1 N–H and O–H groups in total. The lowest BCUT2D eigenvalue weighted by Crippen LogP contribution is -1.98. The van der Waals surface area contributed by atoms with E-state index in [1.165, 1.54) is 0 Å². The molecule has 0 aliphatic heterocycles. The van der Waals surface area contributed by atoms with Gasteiger partial charge < -0.3 is 4.74 Å². The number of benzene rings is 1. The molecule has 0 spiro atoms. The van der Waals surface area contributed by atoms with Crippen LogP contribution in [0.5, 0.6) is 5.75 Å². The lowest BCUT2D eigenvalue weighted by molar-refractivity contribution is 0.415. The third-order valence-electron chi connectivity index (χ3n) is 2.63. The molecule has 0 radical (unpaired) electrons. The van der Waals surface area contributed by atoms with Gasteiger partial charge in [0.05, 0.1) is 13.3 Å². The number of aryl methyl sites for hydroxylation is 1. The van der Waals surface area contributed by atoms with E-state index >= 15 is 0 Å². The Balaban J connectivity index is 2.21. The average Bonchev–Trinajstić information content (AvgIpc) is 2.78. The molecule has 2 rings (SSSR count). The van der Waals surface area contributed by atoms with Crippen LogP contribution in [0.2, 0.25) is 0 Å². The van der Waals surface area contributed by atoms with Gasteiger partial charge in [-0.3, -0.25) is 5.10 Å². The van der Waals surface area contributed by atoms with Crippen molar-refractivity contribution in [1.82, 2.24) is 14.9 Å². The Morgan fingerprint density at radius 1 is 1.42 bits per heavy atom. The van der Waals surface area contributed by atoms with Crippen molar-refractivity contribution in [2.24, 2.45) is 5.10 Å². The fourth-order valence-electron chi connectivity index (χ4n) is 1.64. The van der Waals surface area contributed by atoms with E-state index in [1.54, 1.807) is 18.0 Å². The number of nitrogens with zero attached hydrogens (tertiary/aromatic N) is 3. The van der Waals surface area contributed by atoms with Gasteiger partial charge >= 0.3 is 0 Å². The van der Waals surface area contributed by atoms with Gasteiger partial charge in [-0.25, -0.2) is 0 Å². The Labute approximate surface area is 116 Å². The second kappa shape index (κ2) is 6.29. The largest absolute Gasteiger partial charge is 0.497 e. The van der Waals surface area contributed by atoms with Gasteiger partial charge in [0.25, 0.3) is 0 Å². The van der Waals surface area contributed by atoms with Crippen molar-refractivity contribution in [2.75, 3.05) is 7.11 Å². The van der Waals surface area contributed by atoms with Crippen molar-refractivity contribution in [3.05, 3.63) is 40.4 Å². The summed E-state index contributed by atoms with van der Waals surface area (Å²) < 4.78 is 7.27. The van der Waals surface area contributed by atoms with Crippen LogP contribution in [0.4, 0.5) is 0 Å². The standard InChI is InChI=1S/C13H16N4OS/c1-3-4-12-15-16-13(19)17(12)14-9-10-5-7-11(18-2)8-6-10/h5-9H,3-4H2,1-2H3,(H,16,19)/b14-9-. The Morgan fingerprint density at radius 2 is 2.16 bits per heavy atom. The molecule has 6 heteroatoms. The minimum absolute atomic E-state index is 0.508. The minimum atomic E-state index is 0.508. The van der Waals surface area contributed by atoms with Crippen molar-refractivity contribution < 1.29 is 4.74 Å². The van der Waals surface area contributed by atoms with Gasteiger partial charge in [0, 0.05) is 6.42 Å². The molecule has 0 fully saturated rings. The van der Waals surface area contributed by atoms with E-state index < -0.39 is 0 Å². The number of H-pyrrole nitrogens is 1. The van der Waals surface area contributed by atoms with E-state index in [4.69, 9.17) is 17.0 Å². The van der Waals surface area contributed by atoms with Crippen molar-refractivity contribution >= 4 is 18.4 Å². The summed E-state index contributed by atoms with van der Waals surface area (Å²) >= 11 is 5.15. The molecule has 0 aliphatic carbocycles. The quantitative estimate of drug-likeness (QED) is 0.675. The van der Waals surface area contributed by atoms with Crippen molar-refractivity contribution in [1.29, 1.82) is 0 Å². The van der Waals surface area contributed by atoms with Gasteiger partial charge in [-0.1, -0.05) is 6.92 Å². The van der Waals surface area contributed by atoms with Crippen LogP contribution in [0.3, 0.4) is 0 Å². The second-order valence-corrected chi connectivity index (χ2v) is 4.41. The first-order valence-electron chi connectivity index (χ1n) is 6.09. The zero-order chi connectivity index (χ0) is 13.7. The summed E-state index contributed by atoms with van der Waals surface area (Å²) in [4.78, 5) is 0. The predicted molar refractivity (Wildman–Crippen MR) is 77.4 cm³/mol. The minimum Gasteiger partial charge on any atom is -0.497 e. The average molecular weight is 276 g/mol. The number of nitrogens with one attached hydrogen (secondary N) is 1. The highest BCUT2D eigenvalue weighted by Crippen LogP contribution is 2.10. The van der Waals surface area contributed by atoms with E-state index in [2.05, 4.69) is 22.2 Å². The van der Waals surface area contributed by atoms with Crippen LogP contribution in [0.25, 0.3) is 0 Å². The van der Waals surface area contributed by atoms with Gasteiger partial charge in [-0.15, -0.1) is 0 Å². The van der Waals surface area contributed by atoms with Crippen molar-refractivity contribution in [3.8, 4) is 5.75 Å². The maximum Gasteiger partial charge on any atom is 0.216 e. The van der Waals surface area contributed by atoms with E-state index in [0.29, 0.717) is 4.77 Å². The Bertz CT molecular complexity index is 612. The smallest absolute Gasteiger partial charge is 0.216 e. The third kappa shape index (κ3) is 3.29. The van der Waals surface area contributed by atoms with E-state index in [0.717, 1.165) is 30.0 Å². The number of ether oxygens (including phenoxy) is 1. The Kier molecular flexibility index (Phi) is 4.46. The molecule has 1 aromatic heterocycles. The van der Waals surface area contributed by atoms with E-state index in [9.17, 15) is 0 Å². The highest BCUT2D eigenvalue weighted by atomic mass is 32.1. The monoisotopic (exact) mass is 276 g/mol. The molecular formula is C13H16N4OS. The molecule has 0 saturated carbocycles. The molecule has 19 heavy (non-hydrogen) atoms. The van der Waals surface area contributed by atoms with Crippen LogP contribution in [-0.2, 0) is 6.42 Å². The van der Waals surface area contributed by atoms with Gasteiger partial charge in [0.15, 0.2) is 5.82 Å². The number of methoxy groups -OCH3 is 1. The number of hydrogen-bond donors (Lipinski definition) is 1. The zero-order valence-corrected chi connectivity index (χ0v) is 11.8. The van der Waals surface area contributed by atoms with E-state index in [1.807, 2.05) is 24.3 Å².